The summed E-state index contributed by atoms with van der Waals surface area (Å²) in [4.78, 5) is 20.9. The van der Waals surface area contributed by atoms with Gasteiger partial charge >= 0.3 is 0 Å². The third-order valence-electron chi connectivity index (χ3n) is 3.39. The van der Waals surface area contributed by atoms with Crippen molar-refractivity contribution >= 4 is 11.8 Å². The van der Waals surface area contributed by atoms with Crippen molar-refractivity contribution < 1.29 is 0 Å². The molecule has 2 heterocycles. The summed E-state index contributed by atoms with van der Waals surface area (Å²) in [5.74, 6) is 0. The minimum atomic E-state index is -0.366. The van der Waals surface area contributed by atoms with E-state index in [1.54, 1.807) is 12.4 Å². The van der Waals surface area contributed by atoms with Crippen LogP contribution in [0.2, 0.25) is 0 Å². The molecule has 0 bridgehead atoms. The van der Waals surface area contributed by atoms with E-state index in [2.05, 4.69) is 9.97 Å². The number of H-pyrrole nitrogens is 1. The highest BCUT2D eigenvalue weighted by atomic mass is 32.2. The Morgan fingerprint density at radius 2 is 1.83 bits per heavy atom. The molecule has 4 nitrogen and oxygen atoms in total. The molecule has 0 saturated heterocycles. The molecule has 0 aliphatic heterocycles. The van der Waals surface area contributed by atoms with Crippen LogP contribution in [0.4, 0.5) is 0 Å². The van der Waals surface area contributed by atoms with Crippen molar-refractivity contribution in [2.45, 2.75) is 16.7 Å². The third kappa shape index (κ3) is 3.03. The van der Waals surface area contributed by atoms with Crippen molar-refractivity contribution in [3.8, 4) is 17.2 Å². The van der Waals surface area contributed by atoms with Gasteiger partial charge in [-0.3, -0.25) is 9.78 Å². The Hall–Kier alpha value is -2.84. The van der Waals surface area contributed by atoms with Gasteiger partial charge < -0.3 is 4.98 Å². The molecule has 3 aromatic rings. The van der Waals surface area contributed by atoms with Crippen molar-refractivity contribution in [3.05, 3.63) is 76.5 Å². The average molecular weight is 319 g/mol. The van der Waals surface area contributed by atoms with Gasteiger partial charge in [-0.15, -0.1) is 0 Å². The summed E-state index contributed by atoms with van der Waals surface area (Å²) in [5.41, 5.74) is 1.97. The van der Waals surface area contributed by atoms with Gasteiger partial charge in [0.25, 0.3) is 5.56 Å². The van der Waals surface area contributed by atoms with Gasteiger partial charge in [0, 0.05) is 33.4 Å². The lowest BCUT2D eigenvalue weighted by Gasteiger charge is -2.13. The van der Waals surface area contributed by atoms with E-state index in [0.717, 1.165) is 21.0 Å². The first-order valence-corrected chi connectivity index (χ1v) is 7.82. The van der Waals surface area contributed by atoms with Gasteiger partial charge in [-0.25, -0.2) is 0 Å². The fourth-order valence-electron chi connectivity index (χ4n) is 2.34. The highest BCUT2D eigenvalue weighted by molar-refractivity contribution is 7.99. The molecule has 0 fully saturated rings. The van der Waals surface area contributed by atoms with Crippen LogP contribution in [-0.4, -0.2) is 9.97 Å². The number of hydrogen-bond donors (Lipinski definition) is 1. The number of aromatic nitrogens is 2. The molecule has 0 spiro atoms. The number of hydrogen-bond acceptors (Lipinski definition) is 4. The highest BCUT2D eigenvalue weighted by Crippen LogP contribution is 2.38. The maximum atomic E-state index is 12.2. The van der Waals surface area contributed by atoms with Gasteiger partial charge in [-0.05, 0) is 36.8 Å². The lowest BCUT2D eigenvalue weighted by molar-refractivity contribution is 1.06. The van der Waals surface area contributed by atoms with Gasteiger partial charge in [-0.1, -0.05) is 30.0 Å². The number of benzene rings is 1. The maximum absolute atomic E-state index is 12.2. The number of nitrogens with one attached hydrogen (secondary N) is 1. The molecule has 1 N–H and O–H groups in total. The normalized spacial score (nSPS) is 10.3. The van der Waals surface area contributed by atoms with Gasteiger partial charge in [0.1, 0.15) is 11.6 Å². The molecule has 1 aromatic carbocycles. The lowest BCUT2D eigenvalue weighted by Crippen LogP contribution is -2.14. The van der Waals surface area contributed by atoms with Crippen LogP contribution < -0.4 is 5.56 Å². The zero-order valence-electron chi connectivity index (χ0n) is 12.4. The molecule has 2 aromatic heterocycles. The summed E-state index contributed by atoms with van der Waals surface area (Å²) in [6.07, 6.45) is 3.31. The van der Waals surface area contributed by atoms with Crippen LogP contribution in [0.15, 0.2) is 69.4 Å². The molecule has 112 valence electrons. The van der Waals surface area contributed by atoms with E-state index in [9.17, 15) is 10.1 Å². The topological polar surface area (TPSA) is 69.5 Å². The van der Waals surface area contributed by atoms with Crippen molar-refractivity contribution in [2.24, 2.45) is 0 Å². The first-order valence-electron chi connectivity index (χ1n) is 7.01. The zero-order chi connectivity index (χ0) is 16.2. The average Bonchev–Trinajstić information content (AvgIpc) is 2.58. The molecule has 5 heteroatoms. The van der Waals surface area contributed by atoms with E-state index in [0.29, 0.717) is 5.56 Å². The molecule has 0 radical (unpaired) electrons. The van der Waals surface area contributed by atoms with Crippen molar-refractivity contribution in [1.29, 1.82) is 5.26 Å². The zero-order valence-corrected chi connectivity index (χ0v) is 13.2. The van der Waals surface area contributed by atoms with Crippen LogP contribution in [0.1, 0.15) is 11.3 Å². The molecule has 0 aliphatic carbocycles. The Balaban J connectivity index is 2.26. The lowest BCUT2D eigenvalue weighted by atomic mass is 10.0. The Morgan fingerprint density at radius 1 is 1.13 bits per heavy atom. The number of rotatable bonds is 3. The Bertz CT molecular complexity index is 928. The smallest absolute Gasteiger partial charge is 0.266 e. The van der Waals surface area contributed by atoms with E-state index in [4.69, 9.17) is 0 Å². The first-order chi connectivity index (χ1) is 11.2. The SMILES string of the molecule is Cc1[nH]c(=O)c(C#N)c(-c2ccncc2)c1Sc1ccccc1. The number of nitrogens with zero attached hydrogens (tertiary/aromatic N) is 2. The molecule has 3 rings (SSSR count). The van der Waals surface area contributed by atoms with Crippen molar-refractivity contribution in [3.63, 3.8) is 0 Å². The molecular formula is C18H13N3OS. The summed E-state index contributed by atoms with van der Waals surface area (Å²) in [7, 11) is 0. The Morgan fingerprint density at radius 3 is 2.48 bits per heavy atom. The highest BCUT2D eigenvalue weighted by Gasteiger charge is 2.18. The minimum absolute atomic E-state index is 0.125. The fraction of sp³-hybridized carbons (Fsp3) is 0.0556. The van der Waals surface area contributed by atoms with E-state index in [1.807, 2.05) is 55.5 Å². The summed E-state index contributed by atoms with van der Waals surface area (Å²) in [6.45, 7) is 1.85. The van der Waals surface area contributed by atoms with E-state index in [-0.39, 0.29) is 11.1 Å². The molecule has 0 aliphatic rings. The second-order valence-corrected chi connectivity index (χ2v) is 6.00. The number of pyridine rings is 2. The van der Waals surface area contributed by atoms with Gasteiger partial charge in [0.15, 0.2) is 0 Å². The summed E-state index contributed by atoms with van der Waals surface area (Å²) >= 11 is 1.53. The van der Waals surface area contributed by atoms with Crippen LogP contribution in [0.5, 0.6) is 0 Å². The maximum Gasteiger partial charge on any atom is 0.266 e. The number of aryl methyl sites for hydroxylation is 1. The number of aromatic amines is 1. The fourth-order valence-corrected chi connectivity index (χ4v) is 3.39. The van der Waals surface area contributed by atoms with Gasteiger partial charge in [-0.2, -0.15) is 5.26 Å². The Kier molecular flexibility index (Phi) is 4.26. The third-order valence-corrected chi connectivity index (χ3v) is 4.61. The Labute approximate surface area is 137 Å². The molecule has 0 unspecified atom stereocenters. The molecule has 0 amide bonds. The predicted octanol–water partition coefficient (Wildman–Crippen LogP) is 3.77. The summed E-state index contributed by atoms with van der Waals surface area (Å²) in [5, 5.41) is 9.45. The molecule has 0 atom stereocenters. The summed E-state index contributed by atoms with van der Waals surface area (Å²) in [6, 6.07) is 15.5. The predicted molar refractivity (Wildman–Crippen MR) is 90.3 cm³/mol. The molecular weight excluding hydrogens is 306 g/mol. The van der Waals surface area contributed by atoms with Crippen LogP contribution >= 0.6 is 11.8 Å². The van der Waals surface area contributed by atoms with E-state index >= 15 is 0 Å². The van der Waals surface area contributed by atoms with Crippen LogP contribution in [0.25, 0.3) is 11.1 Å². The van der Waals surface area contributed by atoms with Gasteiger partial charge in [0.2, 0.25) is 0 Å². The standard InChI is InChI=1S/C18H13N3OS/c1-12-17(23-14-5-3-2-4-6-14)16(13-7-9-20-10-8-13)15(11-19)18(22)21-12/h2-10H,1H3,(H,21,22). The first kappa shape index (κ1) is 15.1. The second-order valence-electron chi connectivity index (χ2n) is 4.92. The van der Waals surface area contributed by atoms with Crippen LogP contribution in [-0.2, 0) is 0 Å². The molecule has 0 saturated carbocycles. The van der Waals surface area contributed by atoms with Crippen LogP contribution in [0, 0.1) is 18.3 Å². The molecule has 23 heavy (non-hydrogen) atoms. The quantitative estimate of drug-likeness (QED) is 0.798. The van der Waals surface area contributed by atoms with Crippen LogP contribution in [0.3, 0.4) is 0 Å². The minimum Gasteiger partial charge on any atom is -0.324 e. The van der Waals surface area contributed by atoms with E-state index < -0.39 is 0 Å². The van der Waals surface area contributed by atoms with Gasteiger partial charge in [0.05, 0.1) is 0 Å². The number of nitriles is 1. The van der Waals surface area contributed by atoms with Crippen molar-refractivity contribution in [1.82, 2.24) is 9.97 Å². The monoisotopic (exact) mass is 319 g/mol. The largest absolute Gasteiger partial charge is 0.324 e. The van der Waals surface area contributed by atoms with Crippen molar-refractivity contribution in [2.75, 3.05) is 0 Å². The van der Waals surface area contributed by atoms with E-state index in [1.165, 1.54) is 11.8 Å². The summed E-state index contributed by atoms with van der Waals surface area (Å²) < 4.78 is 0. The second kappa shape index (κ2) is 6.51.